The topological polar surface area (TPSA) is 12.0 Å². The fourth-order valence-corrected chi connectivity index (χ4v) is 4.03. The SMILES string of the molecule is CCCNC(c1cc(Br)ccc1Br)c1cc(Br)ccc1I. The molecular formula is C16H15Br3IN. The summed E-state index contributed by atoms with van der Waals surface area (Å²) in [6.07, 6.45) is 1.10. The van der Waals surface area contributed by atoms with Gasteiger partial charge in [-0.3, -0.25) is 0 Å². The Balaban J connectivity index is 2.52. The van der Waals surface area contributed by atoms with Crippen LogP contribution in [0.15, 0.2) is 49.8 Å². The number of rotatable bonds is 5. The Hall–Kier alpha value is 0.570. The fourth-order valence-electron chi connectivity index (χ4n) is 2.15. The summed E-state index contributed by atoms with van der Waals surface area (Å²) in [6, 6.07) is 12.9. The molecule has 2 aromatic carbocycles. The zero-order valence-electron chi connectivity index (χ0n) is 11.5. The molecule has 0 aliphatic rings. The summed E-state index contributed by atoms with van der Waals surface area (Å²) in [5.74, 6) is 0. The summed E-state index contributed by atoms with van der Waals surface area (Å²) in [4.78, 5) is 0. The Bertz CT molecular complexity index is 579. The number of halogens is 4. The van der Waals surface area contributed by atoms with Crippen molar-refractivity contribution in [1.29, 1.82) is 0 Å². The Morgan fingerprint density at radius 1 is 1.00 bits per heavy atom. The molecule has 1 atom stereocenters. The van der Waals surface area contributed by atoms with Crippen molar-refractivity contribution in [3.63, 3.8) is 0 Å². The van der Waals surface area contributed by atoms with Gasteiger partial charge < -0.3 is 5.32 Å². The Kier molecular flexibility index (Phi) is 7.19. The Morgan fingerprint density at radius 2 is 1.62 bits per heavy atom. The van der Waals surface area contributed by atoms with Gasteiger partial charge in [-0.2, -0.15) is 0 Å². The highest BCUT2D eigenvalue weighted by molar-refractivity contribution is 14.1. The molecule has 112 valence electrons. The largest absolute Gasteiger partial charge is 0.306 e. The third-order valence-electron chi connectivity index (χ3n) is 3.14. The molecule has 0 bridgehead atoms. The number of nitrogens with one attached hydrogen (secondary N) is 1. The fraction of sp³-hybridized carbons (Fsp3) is 0.250. The third-order valence-corrected chi connectivity index (χ3v) is 5.83. The highest BCUT2D eigenvalue weighted by Gasteiger charge is 2.19. The third kappa shape index (κ3) is 4.77. The van der Waals surface area contributed by atoms with Crippen LogP contribution in [0.2, 0.25) is 0 Å². The summed E-state index contributed by atoms with van der Waals surface area (Å²) in [5, 5.41) is 3.66. The molecule has 0 radical (unpaired) electrons. The molecule has 0 aromatic heterocycles. The van der Waals surface area contributed by atoms with E-state index in [0.29, 0.717) is 0 Å². The van der Waals surface area contributed by atoms with E-state index < -0.39 is 0 Å². The first-order valence-electron chi connectivity index (χ1n) is 6.66. The molecule has 0 amide bonds. The first-order chi connectivity index (χ1) is 10.0. The molecule has 0 fully saturated rings. The molecule has 1 unspecified atom stereocenters. The van der Waals surface area contributed by atoms with Gasteiger partial charge in [0.25, 0.3) is 0 Å². The number of hydrogen-bond acceptors (Lipinski definition) is 1. The lowest BCUT2D eigenvalue weighted by Crippen LogP contribution is -2.24. The summed E-state index contributed by atoms with van der Waals surface area (Å²) in [7, 11) is 0. The van der Waals surface area contributed by atoms with Crippen molar-refractivity contribution >= 4 is 70.4 Å². The van der Waals surface area contributed by atoms with E-state index in [1.165, 1.54) is 14.7 Å². The number of hydrogen-bond donors (Lipinski definition) is 1. The first kappa shape index (κ1) is 17.9. The molecule has 0 aliphatic heterocycles. The monoisotopic (exact) mass is 585 g/mol. The zero-order chi connectivity index (χ0) is 15.4. The minimum atomic E-state index is 0.168. The van der Waals surface area contributed by atoms with Crippen LogP contribution in [-0.4, -0.2) is 6.54 Å². The second-order valence-electron chi connectivity index (χ2n) is 4.72. The van der Waals surface area contributed by atoms with E-state index in [9.17, 15) is 0 Å². The van der Waals surface area contributed by atoms with Crippen LogP contribution >= 0.6 is 70.4 Å². The molecular weight excluding hydrogens is 573 g/mol. The van der Waals surface area contributed by atoms with Crippen molar-refractivity contribution in [2.24, 2.45) is 0 Å². The Labute approximate surface area is 164 Å². The molecule has 5 heteroatoms. The van der Waals surface area contributed by atoms with E-state index in [0.717, 1.165) is 26.4 Å². The van der Waals surface area contributed by atoms with Gasteiger partial charge in [0.05, 0.1) is 6.04 Å². The van der Waals surface area contributed by atoms with Gasteiger partial charge >= 0.3 is 0 Å². The van der Waals surface area contributed by atoms with E-state index in [2.05, 4.69) is 119 Å². The van der Waals surface area contributed by atoms with Crippen molar-refractivity contribution in [3.8, 4) is 0 Å². The van der Waals surface area contributed by atoms with Crippen molar-refractivity contribution in [3.05, 3.63) is 64.5 Å². The first-order valence-corrected chi connectivity index (χ1v) is 10.1. The zero-order valence-corrected chi connectivity index (χ0v) is 18.4. The lowest BCUT2D eigenvalue weighted by molar-refractivity contribution is 0.594. The minimum Gasteiger partial charge on any atom is -0.306 e. The maximum Gasteiger partial charge on any atom is 0.0599 e. The van der Waals surface area contributed by atoms with Gasteiger partial charge in [-0.15, -0.1) is 0 Å². The predicted molar refractivity (Wildman–Crippen MR) is 109 cm³/mol. The second-order valence-corrected chi connectivity index (χ2v) is 8.57. The van der Waals surface area contributed by atoms with Gasteiger partial charge in [0.2, 0.25) is 0 Å². The smallest absolute Gasteiger partial charge is 0.0599 e. The molecule has 0 saturated carbocycles. The van der Waals surface area contributed by atoms with Crippen LogP contribution in [0, 0.1) is 3.57 Å². The van der Waals surface area contributed by atoms with Crippen molar-refractivity contribution in [1.82, 2.24) is 5.32 Å². The van der Waals surface area contributed by atoms with E-state index in [4.69, 9.17) is 0 Å². The van der Waals surface area contributed by atoms with Gasteiger partial charge in [0, 0.05) is 17.0 Å². The van der Waals surface area contributed by atoms with Crippen LogP contribution in [0.25, 0.3) is 0 Å². The molecule has 0 saturated heterocycles. The van der Waals surface area contributed by atoms with Crippen LogP contribution < -0.4 is 5.32 Å². The summed E-state index contributed by atoms with van der Waals surface area (Å²) in [6.45, 7) is 3.16. The molecule has 2 aromatic rings. The van der Waals surface area contributed by atoms with Gasteiger partial charge in [-0.1, -0.05) is 54.7 Å². The lowest BCUT2D eigenvalue weighted by Gasteiger charge is -2.22. The maximum absolute atomic E-state index is 3.69. The summed E-state index contributed by atoms with van der Waals surface area (Å²) >= 11 is 13.3. The summed E-state index contributed by atoms with van der Waals surface area (Å²) in [5.41, 5.74) is 2.53. The Morgan fingerprint density at radius 3 is 2.29 bits per heavy atom. The van der Waals surface area contributed by atoms with Gasteiger partial charge in [-0.05, 0) is 83.1 Å². The molecule has 0 spiro atoms. The van der Waals surface area contributed by atoms with E-state index in [1.807, 2.05) is 0 Å². The molecule has 1 nitrogen and oxygen atoms in total. The number of benzene rings is 2. The van der Waals surface area contributed by atoms with Crippen molar-refractivity contribution in [2.45, 2.75) is 19.4 Å². The highest BCUT2D eigenvalue weighted by Crippen LogP contribution is 2.34. The summed E-state index contributed by atoms with van der Waals surface area (Å²) < 4.78 is 4.58. The predicted octanol–water partition coefficient (Wildman–Crippen LogP) is 6.67. The van der Waals surface area contributed by atoms with Gasteiger partial charge in [0.1, 0.15) is 0 Å². The van der Waals surface area contributed by atoms with Crippen LogP contribution in [-0.2, 0) is 0 Å². The van der Waals surface area contributed by atoms with Crippen LogP contribution in [0.1, 0.15) is 30.5 Å². The highest BCUT2D eigenvalue weighted by atomic mass is 127. The maximum atomic E-state index is 3.69. The molecule has 0 heterocycles. The van der Waals surface area contributed by atoms with Crippen LogP contribution in [0.3, 0.4) is 0 Å². The van der Waals surface area contributed by atoms with Crippen molar-refractivity contribution in [2.75, 3.05) is 6.54 Å². The van der Waals surface area contributed by atoms with E-state index in [1.54, 1.807) is 0 Å². The second kappa shape index (κ2) is 8.43. The van der Waals surface area contributed by atoms with E-state index in [-0.39, 0.29) is 6.04 Å². The average Bonchev–Trinajstić information content (AvgIpc) is 2.46. The van der Waals surface area contributed by atoms with Crippen molar-refractivity contribution < 1.29 is 0 Å². The van der Waals surface area contributed by atoms with Gasteiger partial charge in [-0.25, -0.2) is 0 Å². The lowest BCUT2D eigenvalue weighted by atomic mass is 9.98. The van der Waals surface area contributed by atoms with Gasteiger partial charge in [0.15, 0.2) is 0 Å². The molecule has 0 aliphatic carbocycles. The molecule has 1 N–H and O–H groups in total. The van der Waals surface area contributed by atoms with Crippen LogP contribution in [0.4, 0.5) is 0 Å². The quantitative estimate of drug-likeness (QED) is 0.386. The average molecular weight is 588 g/mol. The minimum absolute atomic E-state index is 0.168. The molecule has 21 heavy (non-hydrogen) atoms. The standard InChI is InChI=1S/C16H15Br3IN/c1-2-7-21-16(12-8-10(17)3-5-14(12)19)13-9-11(18)4-6-15(13)20/h3-6,8-9,16,21H,2,7H2,1H3. The van der Waals surface area contributed by atoms with Crippen LogP contribution in [0.5, 0.6) is 0 Å². The van der Waals surface area contributed by atoms with E-state index >= 15 is 0 Å². The molecule has 2 rings (SSSR count). The normalized spacial score (nSPS) is 12.4.